The molecule has 0 aliphatic carbocycles. The lowest BCUT2D eigenvalue weighted by Crippen LogP contribution is -2.04. The highest BCUT2D eigenvalue weighted by molar-refractivity contribution is 9.10. The van der Waals surface area contributed by atoms with Gasteiger partial charge in [-0.1, -0.05) is 28.1 Å². The molecule has 0 aliphatic heterocycles. The van der Waals surface area contributed by atoms with Crippen LogP contribution in [0.5, 0.6) is 11.5 Å². The van der Waals surface area contributed by atoms with E-state index < -0.39 is 0 Å². The van der Waals surface area contributed by atoms with Crippen LogP contribution < -0.4 is 15.2 Å². The molecule has 0 amide bonds. The lowest BCUT2D eigenvalue weighted by atomic mass is 10.1. The third-order valence-corrected chi connectivity index (χ3v) is 3.83. The van der Waals surface area contributed by atoms with E-state index in [2.05, 4.69) is 15.9 Å². The van der Waals surface area contributed by atoms with Crippen molar-refractivity contribution >= 4 is 15.9 Å². The molecule has 0 aliphatic rings. The molecule has 0 spiro atoms. The second kappa shape index (κ2) is 6.77. The zero-order valence-corrected chi connectivity index (χ0v) is 13.2. The monoisotopic (exact) mass is 335 g/mol. The average molecular weight is 336 g/mol. The first-order chi connectivity index (χ1) is 9.60. The summed E-state index contributed by atoms with van der Waals surface area (Å²) in [6.07, 6.45) is 0. The van der Waals surface area contributed by atoms with Gasteiger partial charge in [-0.05, 0) is 42.8 Å². The Bertz CT molecular complexity index is 567. The van der Waals surface area contributed by atoms with Gasteiger partial charge >= 0.3 is 0 Å². The minimum atomic E-state index is 0.0385. The van der Waals surface area contributed by atoms with Crippen LogP contribution in [0, 0.1) is 0 Å². The van der Waals surface area contributed by atoms with Crippen molar-refractivity contribution < 1.29 is 9.47 Å². The van der Waals surface area contributed by atoms with Crippen molar-refractivity contribution in [1.82, 2.24) is 0 Å². The Hall–Kier alpha value is -1.52. The summed E-state index contributed by atoms with van der Waals surface area (Å²) < 4.78 is 12.0. The zero-order valence-electron chi connectivity index (χ0n) is 11.6. The molecule has 3 nitrogen and oxygen atoms in total. The molecule has 0 radical (unpaired) electrons. The largest absolute Gasteiger partial charge is 0.497 e. The van der Waals surface area contributed by atoms with E-state index in [1.807, 2.05) is 49.4 Å². The fraction of sp³-hybridized carbons (Fsp3) is 0.250. The fourth-order valence-corrected chi connectivity index (χ4v) is 2.18. The highest BCUT2D eigenvalue weighted by Crippen LogP contribution is 2.24. The van der Waals surface area contributed by atoms with Crippen molar-refractivity contribution in [2.24, 2.45) is 5.73 Å². The van der Waals surface area contributed by atoms with Crippen LogP contribution in [0.1, 0.15) is 24.1 Å². The van der Waals surface area contributed by atoms with Gasteiger partial charge in [0.05, 0.1) is 7.11 Å². The summed E-state index contributed by atoms with van der Waals surface area (Å²) in [5, 5.41) is 0. The second-order valence-corrected chi connectivity index (χ2v) is 5.46. The van der Waals surface area contributed by atoms with E-state index in [0.717, 1.165) is 27.1 Å². The van der Waals surface area contributed by atoms with E-state index in [1.165, 1.54) is 0 Å². The minimum absolute atomic E-state index is 0.0385. The normalized spacial score (nSPS) is 12.0. The molecule has 20 heavy (non-hydrogen) atoms. The van der Waals surface area contributed by atoms with Crippen molar-refractivity contribution in [2.45, 2.75) is 19.6 Å². The number of nitrogens with two attached hydrogens (primary N) is 1. The van der Waals surface area contributed by atoms with Crippen molar-refractivity contribution in [2.75, 3.05) is 7.11 Å². The van der Waals surface area contributed by atoms with Gasteiger partial charge in [0, 0.05) is 16.1 Å². The molecule has 0 saturated heterocycles. The molecule has 0 saturated carbocycles. The number of methoxy groups -OCH3 is 1. The van der Waals surface area contributed by atoms with E-state index in [0.29, 0.717) is 6.61 Å². The number of benzene rings is 2. The minimum Gasteiger partial charge on any atom is -0.497 e. The molecule has 4 heteroatoms. The van der Waals surface area contributed by atoms with Crippen LogP contribution in [0.15, 0.2) is 46.9 Å². The summed E-state index contributed by atoms with van der Waals surface area (Å²) in [6.45, 7) is 2.44. The predicted octanol–water partition coefficient (Wildman–Crippen LogP) is 4.06. The highest BCUT2D eigenvalue weighted by Gasteiger charge is 2.04. The zero-order chi connectivity index (χ0) is 14.5. The summed E-state index contributed by atoms with van der Waals surface area (Å²) in [4.78, 5) is 0. The van der Waals surface area contributed by atoms with Gasteiger partial charge in [-0.3, -0.25) is 0 Å². The van der Waals surface area contributed by atoms with Gasteiger partial charge in [-0.25, -0.2) is 0 Å². The molecule has 0 unspecified atom stereocenters. The van der Waals surface area contributed by atoms with Crippen LogP contribution in [0.25, 0.3) is 0 Å². The predicted molar refractivity (Wildman–Crippen MR) is 84.1 cm³/mol. The maximum absolute atomic E-state index is 5.82. The molecule has 0 bridgehead atoms. The van der Waals surface area contributed by atoms with E-state index >= 15 is 0 Å². The van der Waals surface area contributed by atoms with E-state index in [9.17, 15) is 0 Å². The van der Waals surface area contributed by atoms with Crippen molar-refractivity contribution in [3.05, 3.63) is 58.1 Å². The average Bonchev–Trinajstić information content (AvgIpc) is 2.47. The third kappa shape index (κ3) is 3.74. The summed E-state index contributed by atoms with van der Waals surface area (Å²) >= 11 is 3.51. The lowest BCUT2D eigenvalue weighted by molar-refractivity contribution is 0.304. The first-order valence-corrected chi connectivity index (χ1v) is 7.20. The van der Waals surface area contributed by atoms with Crippen LogP contribution in [0.4, 0.5) is 0 Å². The molecule has 0 fully saturated rings. The van der Waals surface area contributed by atoms with E-state index in [-0.39, 0.29) is 6.04 Å². The van der Waals surface area contributed by atoms with Crippen LogP contribution in [-0.4, -0.2) is 7.11 Å². The molecular formula is C16H18BrNO2. The maximum Gasteiger partial charge on any atom is 0.119 e. The first-order valence-electron chi connectivity index (χ1n) is 6.41. The molecule has 2 N–H and O–H groups in total. The Morgan fingerprint density at radius 2 is 1.75 bits per heavy atom. The van der Waals surface area contributed by atoms with E-state index in [1.54, 1.807) is 7.11 Å². The maximum atomic E-state index is 5.82. The Morgan fingerprint density at radius 1 is 1.10 bits per heavy atom. The smallest absolute Gasteiger partial charge is 0.119 e. The second-order valence-electron chi connectivity index (χ2n) is 4.60. The Labute approximate surface area is 127 Å². The SMILES string of the molecule is COc1ccc(Br)c(COc2ccc([C@H](C)N)cc2)c1. The summed E-state index contributed by atoms with van der Waals surface area (Å²) in [6, 6.07) is 13.7. The number of hydrogen-bond donors (Lipinski definition) is 1. The van der Waals surface area contributed by atoms with Crippen molar-refractivity contribution in [3.63, 3.8) is 0 Å². The lowest BCUT2D eigenvalue weighted by Gasteiger charge is -2.11. The summed E-state index contributed by atoms with van der Waals surface area (Å²) in [5.74, 6) is 1.64. The van der Waals surface area contributed by atoms with Gasteiger partial charge in [0.1, 0.15) is 18.1 Å². The topological polar surface area (TPSA) is 44.5 Å². The Morgan fingerprint density at radius 3 is 2.35 bits per heavy atom. The van der Waals surface area contributed by atoms with Crippen LogP contribution in [0.3, 0.4) is 0 Å². The van der Waals surface area contributed by atoms with Gasteiger partial charge in [0.15, 0.2) is 0 Å². The first kappa shape index (κ1) is 14.9. The Balaban J connectivity index is 2.04. The van der Waals surface area contributed by atoms with Crippen molar-refractivity contribution in [1.29, 1.82) is 0 Å². The molecule has 2 aromatic rings. The summed E-state index contributed by atoms with van der Waals surface area (Å²) in [5.41, 5.74) is 7.96. The number of hydrogen-bond acceptors (Lipinski definition) is 3. The van der Waals surface area contributed by atoms with Crippen LogP contribution >= 0.6 is 15.9 Å². The standard InChI is InChI=1S/C16H18BrNO2/c1-11(18)12-3-5-14(6-4-12)20-10-13-9-15(19-2)7-8-16(13)17/h3-9,11H,10,18H2,1-2H3/t11-/m0/s1. The number of rotatable bonds is 5. The molecule has 0 aromatic heterocycles. The van der Waals surface area contributed by atoms with Gasteiger partial charge in [-0.2, -0.15) is 0 Å². The number of halogens is 1. The van der Waals surface area contributed by atoms with Crippen LogP contribution in [0.2, 0.25) is 0 Å². The third-order valence-electron chi connectivity index (χ3n) is 3.05. The summed E-state index contributed by atoms with van der Waals surface area (Å²) in [7, 11) is 1.65. The van der Waals surface area contributed by atoms with Gasteiger partial charge in [-0.15, -0.1) is 0 Å². The number of ether oxygens (including phenoxy) is 2. The molecule has 106 valence electrons. The molecule has 1 atom stereocenters. The van der Waals surface area contributed by atoms with Gasteiger partial charge < -0.3 is 15.2 Å². The molecule has 2 aromatic carbocycles. The molecule has 2 rings (SSSR count). The Kier molecular flexibility index (Phi) is 5.04. The molecular weight excluding hydrogens is 318 g/mol. The van der Waals surface area contributed by atoms with Crippen molar-refractivity contribution in [3.8, 4) is 11.5 Å². The van der Waals surface area contributed by atoms with Gasteiger partial charge in [0.2, 0.25) is 0 Å². The highest BCUT2D eigenvalue weighted by atomic mass is 79.9. The van der Waals surface area contributed by atoms with Gasteiger partial charge in [0.25, 0.3) is 0 Å². The quantitative estimate of drug-likeness (QED) is 0.896. The molecule has 0 heterocycles. The fourth-order valence-electron chi connectivity index (χ4n) is 1.82. The van der Waals surface area contributed by atoms with E-state index in [4.69, 9.17) is 15.2 Å². The van der Waals surface area contributed by atoms with Crippen LogP contribution in [-0.2, 0) is 6.61 Å².